The Labute approximate surface area is 281 Å². The first-order valence-electron chi connectivity index (χ1n) is 16.6. The number of hydrogen-bond acceptors (Lipinski definition) is 8. The van der Waals surface area contributed by atoms with Crippen LogP contribution in [-0.2, 0) is 0 Å². The molecule has 0 bridgehead atoms. The molecule has 3 atom stereocenters. The van der Waals surface area contributed by atoms with Gasteiger partial charge in [0.15, 0.2) is 5.65 Å². The second kappa shape index (κ2) is 13.9. The van der Waals surface area contributed by atoms with Gasteiger partial charge in [0, 0.05) is 35.3 Å². The topological polar surface area (TPSA) is 139 Å². The molecule has 4 aromatic rings. The van der Waals surface area contributed by atoms with Crippen molar-refractivity contribution in [3.8, 4) is 5.75 Å². The minimum atomic E-state index is -0.395. The van der Waals surface area contributed by atoms with Crippen LogP contribution in [0.5, 0.6) is 5.75 Å². The van der Waals surface area contributed by atoms with Crippen molar-refractivity contribution in [2.75, 3.05) is 11.4 Å². The molecule has 0 saturated carbocycles. The predicted octanol–water partition coefficient (Wildman–Crippen LogP) is 6.79. The number of ether oxygens (including phenoxy) is 1. The van der Waals surface area contributed by atoms with Crippen LogP contribution < -0.4 is 26.0 Å². The minimum Gasteiger partial charge on any atom is -0.484 e. The molecule has 11 heteroatoms. The molecule has 0 unspecified atom stereocenters. The summed E-state index contributed by atoms with van der Waals surface area (Å²) in [6, 6.07) is 18.5. The molecule has 250 valence electrons. The minimum absolute atomic E-state index is 0.186. The number of aliphatic imine (C=N–C) groups is 1. The van der Waals surface area contributed by atoms with Crippen LogP contribution in [0.25, 0.3) is 5.65 Å². The number of carbonyl (C=O) groups excluding carboxylic acids is 2. The molecule has 0 spiro atoms. The van der Waals surface area contributed by atoms with Gasteiger partial charge in [-0.2, -0.15) is 0 Å². The van der Waals surface area contributed by atoms with Gasteiger partial charge in [-0.1, -0.05) is 45.0 Å². The second-order valence-corrected chi connectivity index (χ2v) is 13.7. The van der Waals surface area contributed by atoms with Gasteiger partial charge in [-0.15, -0.1) is 10.2 Å². The van der Waals surface area contributed by atoms with E-state index in [1.807, 2.05) is 61.7 Å². The van der Waals surface area contributed by atoms with E-state index in [0.717, 1.165) is 54.1 Å². The normalized spacial score (nSPS) is 20.2. The van der Waals surface area contributed by atoms with Gasteiger partial charge in [0.2, 0.25) is 5.95 Å². The van der Waals surface area contributed by atoms with Gasteiger partial charge in [-0.25, -0.2) is 9.79 Å². The number of nitrogens with one attached hydrogen (secondary N) is 2. The van der Waals surface area contributed by atoms with Crippen LogP contribution in [0.15, 0.2) is 83.6 Å². The molecule has 1 aliphatic carbocycles. The maximum Gasteiger partial charge on any atom is 0.320 e. The third kappa shape index (κ3) is 7.35. The van der Waals surface area contributed by atoms with Gasteiger partial charge in [0.25, 0.3) is 0 Å². The fourth-order valence-corrected chi connectivity index (χ4v) is 6.24. The van der Waals surface area contributed by atoms with E-state index in [9.17, 15) is 9.59 Å². The molecule has 11 nitrogen and oxygen atoms in total. The van der Waals surface area contributed by atoms with Crippen molar-refractivity contribution in [1.29, 1.82) is 0 Å². The average molecular weight is 649 g/mol. The number of nitrogens with zero attached hydrogens (tertiary/aromatic N) is 5. The Morgan fingerprint density at radius 2 is 1.77 bits per heavy atom. The summed E-state index contributed by atoms with van der Waals surface area (Å²) in [6.07, 6.45) is 9.16. The summed E-state index contributed by atoms with van der Waals surface area (Å²) in [5.41, 5.74) is 10.6. The van der Waals surface area contributed by atoms with Gasteiger partial charge in [0.05, 0.1) is 17.9 Å². The van der Waals surface area contributed by atoms with Crippen molar-refractivity contribution in [3.05, 3.63) is 95.3 Å². The maximum atomic E-state index is 13.4. The number of anilines is 1. The van der Waals surface area contributed by atoms with E-state index in [2.05, 4.69) is 43.7 Å². The zero-order valence-corrected chi connectivity index (χ0v) is 28.0. The number of amidine groups is 1. The number of allylic oxidation sites excluding steroid dienone is 1. The number of carbonyl (C=O) groups is 2. The summed E-state index contributed by atoms with van der Waals surface area (Å²) in [7, 11) is 0. The first kappa shape index (κ1) is 32.7. The molecule has 0 radical (unpaired) electrons. The van der Waals surface area contributed by atoms with Crippen LogP contribution in [0.2, 0.25) is 0 Å². The van der Waals surface area contributed by atoms with Crippen LogP contribution in [0.1, 0.15) is 93.4 Å². The number of nitrogens with two attached hydrogens (primary N) is 1. The molecule has 6 rings (SSSR count). The lowest BCUT2D eigenvalue weighted by Crippen LogP contribution is -2.42. The van der Waals surface area contributed by atoms with E-state index in [0.29, 0.717) is 41.7 Å². The smallest absolute Gasteiger partial charge is 0.320 e. The Bertz CT molecular complexity index is 1840. The molecule has 4 N–H and O–H groups in total. The lowest BCUT2D eigenvalue weighted by Gasteiger charge is -2.33. The molecule has 2 aromatic heterocycles. The summed E-state index contributed by atoms with van der Waals surface area (Å²) >= 11 is 0. The molecule has 2 aliphatic rings. The number of hydrogen-bond donors (Lipinski definition) is 3. The Morgan fingerprint density at radius 3 is 2.50 bits per heavy atom. The second-order valence-electron chi connectivity index (χ2n) is 13.7. The molecule has 1 saturated heterocycles. The zero-order chi connectivity index (χ0) is 33.8. The molecule has 2 amide bonds. The van der Waals surface area contributed by atoms with Gasteiger partial charge < -0.3 is 20.7 Å². The van der Waals surface area contributed by atoms with Crippen molar-refractivity contribution in [1.82, 2.24) is 25.2 Å². The maximum absolute atomic E-state index is 13.4. The van der Waals surface area contributed by atoms with E-state index >= 15 is 0 Å². The summed E-state index contributed by atoms with van der Waals surface area (Å²) in [5.74, 6) is 1.89. The largest absolute Gasteiger partial charge is 0.484 e. The Morgan fingerprint density at radius 1 is 1.00 bits per heavy atom. The predicted molar refractivity (Wildman–Crippen MR) is 188 cm³/mol. The monoisotopic (exact) mass is 648 g/mol. The van der Waals surface area contributed by atoms with Crippen LogP contribution in [0.3, 0.4) is 0 Å². The molecular weight excluding hydrogens is 604 g/mol. The highest BCUT2D eigenvalue weighted by atomic mass is 16.5. The van der Waals surface area contributed by atoms with Gasteiger partial charge in [-0.3, -0.25) is 14.5 Å². The molecule has 3 heterocycles. The van der Waals surface area contributed by atoms with Crippen LogP contribution in [0, 0.1) is 5.41 Å². The van der Waals surface area contributed by atoms with E-state index in [1.54, 1.807) is 30.3 Å². The van der Waals surface area contributed by atoms with E-state index in [4.69, 9.17) is 10.5 Å². The Balaban J connectivity index is 1.19. The third-order valence-corrected chi connectivity index (χ3v) is 9.12. The molecule has 2 aromatic carbocycles. The fourth-order valence-electron chi connectivity index (χ4n) is 6.24. The standard InChI is InChI=1S/C37H44N8O3/c1-24-9-7-8-20-44(24)36-43-42-34-19-16-27(22-45(34)36)48-31-18-17-30(28-10-5-6-11-29(28)31)40-35(47)41-33(21-32(38)37(2,3)4)39-26-14-12-25(23-46)13-15-26/h5-6,10-16,19,21-24,30-31H,7-9,17-18,20,38H2,1-4H3,(H2,39,40,41,47)/t24-,30-,31+/m0/s1. The van der Waals surface area contributed by atoms with Crippen molar-refractivity contribution in [2.24, 2.45) is 16.1 Å². The highest BCUT2D eigenvalue weighted by molar-refractivity contribution is 6.05. The number of pyridine rings is 1. The number of rotatable bonds is 7. The first-order valence-corrected chi connectivity index (χ1v) is 16.6. The highest BCUT2D eigenvalue weighted by Gasteiger charge is 2.30. The molecule has 1 aliphatic heterocycles. The fraction of sp³-hybridized carbons (Fsp3) is 0.378. The van der Waals surface area contributed by atoms with Crippen molar-refractivity contribution in [2.45, 2.75) is 78.0 Å². The lowest BCUT2D eigenvalue weighted by molar-refractivity contribution is 0.112. The highest BCUT2D eigenvalue weighted by Crippen LogP contribution is 2.39. The van der Waals surface area contributed by atoms with E-state index in [1.165, 1.54) is 6.42 Å². The van der Waals surface area contributed by atoms with E-state index in [-0.39, 0.29) is 17.6 Å². The molecule has 48 heavy (non-hydrogen) atoms. The van der Waals surface area contributed by atoms with Crippen LogP contribution in [0.4, 0.5) is 16.4 Å². The van der Waals surface area contributed by atoms with Crippen molar-refractivity contribution in [3.63, 3.8) is 0 Å². The van der Waals surface area contributed by atoms with Gasteiger partial charge >= 0.3 is 6.03 Å². The van der Waals surface area contributed by atoms with Crippen LogP contribution in [-0.4, -0.2) is 45.3 Å². The number of aromatic nitrogens is 3. The SMILES string of the molecule is C[C@H]1CCCCN1c1nnc2ccc(O[C@@H]3CC[C@H](NC(=O)NC(C=C(N)C(C)(C)C)=Nc4ccc(C=O)cc4)c4ccccc43)cn12. The number of urea groups is 1. The Kier molecular flexibility index (Phi) is 9.47. The van der Waals surface area contributed by atoms with Crippen LogP contribution >= 0.6 is 0 Å². The summed E-state index contributed by atoms with van der Waals surface area (Å²) in [6.45, 7) is 9.18. The zero-order valence-electron chi connectivity index (χ0n) is 28.0. The first-order chi connectivity index (χ1) is 23.1. The molecule has 1 fully saturated rings. The number of benzene rings is 2. The Hall–Kier alpha value is -5.19. The molecular formula is C37H44N8O3. The van der Waals surface area contributed by atoms with Crippen molar-refractivity contribution < 1.29 is 14.3 Å². The number of piperidine rings is 1. The number of fused-ring (bicyclic) bond motifs is 2. The summed E-state index contributed by atoms with van der Waals surface area (Å²) < 4.78 is 8.64. The summed E-state index contributed by atoms with van der Waals surface area (Å²) in [5, 5.41) is 15.0. The summed E-state index contributed by atoms with van der Waals surface area (Å²) in [4.78, 5) is 31.5. The van der Waals surface area contributed by atoms with Gasteiger partial charge in [-0.05, 0) is 86.6 Å². The number of aldehydes is 1. The van der Waals surface area contributed by atoms with Crippen molar-refractivity contribution >= 4 is 35.4 Å². The quantitative estimate of drug-likeness (QED) is 0.114. The van der Waals surface area contributed by atoms with E-state index < -0.39 is 6.03 Å². The average Bonchev–Trinajstić information content (AvgIpc) is 3.49. The third-order valence-electron chi connectivity index (χ3n) is 9.12. The lowest BCUT2D eigenvalue weighted by atomic mass is 9.85. The number of amides is 2. The van der Waals surface area contributed by atoms with Gasteiger partial charge in [0.1, 0.15) is 24.0 Å².